The highest BCUT2D eigenvalue weighted by molar-refractivity contribution is 7.99. The summed E-state index contributed by atoms with van der Waals surface area (Å²) in [7, 11) is 0. The van der Waals surface area contributed by atoms with Gasteiger partial charge in [-0.3, -0.25) is 4.79 Å². The largest absolute Gasteiger partial charge is 0.326 e. The Bertz CT molecular complexity index is 599. The van der Waals surface area contributed by atoms with Crippen molar-refractivity contribution in [3.05, 3.63) is 59.2 Å². The van der Waals surface area contributed by atoms with Crippen LogP contribution in [0.3, 0.4) is 0 Å². The number of rotatable bonds is 5. The van der Waals surface area contributed by atoms with Gasteiger partial charge in [0.25, 0.3) is 0 Å². The van der Waals surface area contributed by atoms with E-state index >= 15 is 0 Å². The molecule has 0 bridgehead atoms. The fourth-order valence-electron chi connectivity index (χ4n) is 2.17. The Labute approximate surface area is 131 Å². The monoisotopic (exact) mass is 299 g/mol. The van der Waals surface area contributed by atoms with Crippen LogP contribution < -0.4 is 5.32 Å². The Hall–Kier alpha value is -1.74. The number of carbonyl (C=O) groups is 1. The van der Waals surface area contributed by atoms with Crippen LogP contribution in [0.4, 0.5) is 5.69 Å². The fraction of sp³-hybridized carbons (Fsp3) is 0.278. The van der Waals surface area contributed by atoms with E-state index in [4.69, 9.17) is 0 Å². The molecule has 0 fully saturated rings. The zero-order chi connectivity index (χ0) is 15.2. The van der Waals surface area contributed by atoms with E-state index < -0.39 is 0 Å². The van der Waals surface area contributed by atoms with E-state index in [-0.39, 0.29) is 5.91 Å². The Kier molecular flexibility index (Phi) is 5.45. The average Bonchev–Trinajstić information content (AvgIpc) is 2.39. The average molecular weight is 299 g/mol. The van der Waals surface area contributed by atoms with E-state index in [1.165, 1.54) is 21.6 Å². The minimum atomic E-state index is 0.0691. The molecule has 21 heavy (non-hydrogen) atoms. The molecule has 0 aliphatic carbocycles. The summed E-state index contributed by atoms with van der Waals surface area (Å²) in [6.07, 6.45) is 0.519. The standard InChI is InChI=1S/C18H21NOS/c1-13-4-6-17(7-5-13)21-9-8-18(20)19-16-11-14(2)10-15(3)12-16/h4-7,10-12H,8-9H2,1-3H3,(H,19,20). The van der Waals surface area contributed by atoms with Gasteiger partial charge in [-0.15, -0.1) is 11.8 Å². The molecule has 2 aromatic carbocycles. The molecule has 0 saturated heterocycles. The second-order valence-corrected chi connectivity index (χ2v) is 6.50. The summed E-state index contributed by atoms with van der Waals surface area (Å²) in [4.78, 5) is 13.2. The van der Waals surface area contributed by atoms with Crippen molar-refractivity contribution in [1.82, 2.24) is 0 Å². The SMILES string of the molecule is Cc1ccc(SCCC(=O)Nc2cc(C)cc(C)c2)cc1. The minimum absolute atomic E-state index is 0.0691. The lowest BCUT2D eigenvalue weighted by atomic mass is 10.1. The van der Waals surface area contributed by atoms with E-state index in [0.29, 0.717) is 6.42 Å². The van der Waals surface area contributed by atoms with Crippen LogP contribution in [0.5, 0.6) is 0 Å². The van der Waals surface area contributed by atoms with Gasteiger partial charge in [-0.25, -0.2) is 0 Å². The maximum Gasteiger partial charge on any atom is 0.225 e. The molecule has 110 valence electrons. The summed E-state index contributed by atoms with van der Waals surface area (Å²) in [6, 6.07) is 14.5. The number of nitrogens with one attached hydrogen (secondary N) is 1. The molecule has 2 rings (SSSR count). The van der Waals surface area contributed by atoms with Crippen LogP contribution in [0, 0.1) is 20.8 Å². The maximum absolute atomic E-state index is 12.0. The normalized spacial score (nSPS) is 10.4. The zero-order valence-corrected chi connectivity index (χ0v) is 13.6. The highest BCUT2D eigenvalue weighted by Crippen LogP contribution is 2.19. The smallest absolute Gasteiger partial charge is 0.225 e. The third-order valence-electron chi connectivity index (χ3n) is 3.12. The number of carbonyl (C=O) groups excluding carboxylic acids is 1. The Morgan fingerprint density at radius 1 is 0.952 bits per heavy atom. The first-order valence-corrected chi connectivity index (χ1v) is 8.09. The summed E-state index contributed by atoms with van der Waals surface area (Å²) in [5.41, 5.74) is 4.48. The van der Waals surface area contributed by atoms with Crippen LogP contribution in [0.25, 0.3) is 0 Å². The molecule has 0 heterocycles. The molecule has 0 saturated carbocycles. The molecule has 0 aliphatic rings. The minimum Gasteiger partial charge on any atom is -0.326 e. The van der Waals surface area contributed by atoms with Crippen LogP contribution in [-0.2, 0) is 4.79 Å². The van der Waals surface area contributed by atoms with Gasteiger partial charge in [0.15, 0.2) is 0 Å². The highest BCUT2D eigenvalue weighted by atomic mass is 32.2. The molecular weight excluding hydrogens is 278 g/mol. The third kappa shape index (κ3) is 5.27. The molecule has 1 N–H and O–H groups in total. The molecule has 1 amide bonds. The number of amides is 1. The topological polar surface area (TPSA) is 29.1 Å². The lowest BCUT2D eigenvalue weighted by Crippen LogP contribution is -2.12. The van der Waals surface area contributed by atoms with Crippen LogP contribution in [-0.4, -0.2) is 11.7 Å². The van der Waals surface area contributed by atoms with E-state index in [0.717, 1.165) is 11.4 Å². The first-order valence-electron chi connectivity index (χ1n) is 7.10. The summed E-state index contributed by atoms with van der Waals surface area (Å²) in [6.45, 7) is 6.15. The highest BCUT2D eigenvalue weighted by Gasteiger charge is 2.04. The molecule has 0 aromatic heterocycles. The number of anilines is 1. The van der Waals surface area contributed by atoms with Gasteiger partial charge in [-0.2, -0.15) is 0 Å². The molecule has 0 atom stereocenters. The van der Waals surface area contributed by atoms with Gasteiger partial charge >= 0.3 is 0 Å². The van der Waals surface area contributed by atoms with Crippen molar-refractivity contribution in [2.24, 2.45) is 0 Å². The quantitative estimate of drug-likeness (QED) is 0.808. The van der Waals surface area contributed by atoms with Crippen molar-refractivity contribution in [2.75, 3.05) is 11.1 Å². The van der Waals surface area contributed by atoms with Crippen LogP contribution in [0.2, 0.25) is 0 Å². The van der Waals surface area contributed by atoms with Crippen molar-refractivity contribution in [2.45, 2.75) is 32.1 Å². The number of hydrogen-bond donors (Lipinski definition) is 1. The first kappa shape index (κ1) is 15.6. The maximum atomic E-state index is 12.0. The van der Waals surface area contributed by atoms with Crippen molar-refractivity contribution in [3.8, 4) is 0 Å². The molecule has 0 aliphatic heterocycles. The summed E-state index contributed by atoms with van der Waals surface area (Å²) in [5, 5.41) is 2.97. The van der Waals surface area contributed by atoms with E-state index in [1.54, 1.807) is 11.8 Å². The number of aryl methyl sites for hydroxylation is 3. The second-order valence-electron chi connectivity index (χ2n) is 5.34. The van der Waals surface area contributed by atoms with E-state index in [1.807, 2.05) is 26.0 Å². The predicted molar refractivity (Wildman–Crippen MR) is 91.1 cm³/mol. The van der Waals surface area contributed by atoms with Gasteiger partial charge in [-0.05, 0) is 56.2 Å². The summed E-state index contributed by atoms with van der Waals surface area (Å²) >= 11 is 1.71. The van der Waals surface area contributed by atoms with Crippen molar-refractivity contribution < 1.29 is 4.79 Å². The van der Waals surface area contributed by atoms with Gasteiger partial charge in [-0.1, -0.05) is 23.8 Å². The lowest BCUT2D eigenvalue weighted by molar-refractivity contribution is -0.115. The molecule has 3 heteroatoms. The Morgan fingerprint density at radius 2 is 1.57 bits per heavy atom. The van der Waals surface area contributed by atoms with Gasteiger partial charge in [0.05, 0.1) is 0 Å². The molecule has 0 radical (unpaired) electrons. The van der Waals surface area contributed by atoms with Gasteiger partial charge < -0.3 is 5.32 Å². The van der Waals surface area contributed by atoms with Crippen LogP contribution >= 0.6 is 11.8 Å². The van der Waals surface area contributed by atoms with Gasteiger partial charge in [0.1, 0.15) is 0 Å². The number of hydrogen-bond acceptors (Lipinski definition) is 2. The van der Waals surface area contributed by atoms with Crippen molar-refractivity contribution in [3.63, 3.8) is 0 Å². The molecule has 0 unspecified atom stereocenters. The molecular formula is C18H21NOS. The van der Waals surface area contributed by atoms with Crippen LogP contribution in [0.1, 0.15) is 23.1 Å². The van der Waals surface area contributed by atoms with Gasteiger partial charge in [0.2, 0.25) is 5.91 Å². The molecule has 2 nitrogen and oxygen atoms in total. The molecule has 0 spiro atoms. The summed E-state index contributed by atoms with van der Waals surface area (Å²) < 4.78 is 0. The first-order chi connectivity index (χ1) is 10.0. The van der Waals surface area contributed by atoms with Crippen molar-refractivity contribution >= 4 is 23.4 Å². The van der Waals surface area contributed by atoms with E-state index in [9.17, 15) is 4.79 Å². The lowest BCUT2D eigenvalue weighted by Gasteiger charge is -2.07. The summed E-state index contributed by atoms with van der Waals surface area (Å²) in [5.74, 6) is 0.860. The van der Waals surface area contributed by atoms with Crippen molar-refractivity contribution in [1.29, 1.82) is 0 Å². The fourth-order valence-corrected chi connectivity index (χ4v) is 3.02. The molecule has 2 aromatic rings. The van der Waals surface area contributed by atoms with E-state index in [2.05, 4.69) is 42.6 Å². The van der Waals surface area contributed by atoms with Crippen LogP contribution in [0.15, 0.2) is 47.4 Å². The second kappa shape index (κ2) is 7.32. The van der Waals surface area contributed by atoms with Gasteiger partial charge in [0, 0.05) is 22.8 Å². The Morgan fingerprint density at radius 3 is 2.19 bits per heavy atom. The Balaban J connectivity index is 1.80. The number of thioether (sulfide) groups is 1. The third-order valence-corrected chi connectivity index (χ3v) is 4.14. The zero-order valence-electron chi connectivity index (χ0n) is 12.8. The predicted octanol–water partition coefficient (Wildman–Crippen LogP) is 4.73. The number of benzene rings is 2.